The first kappa shape index (κ1) is 20.9. The molecule has 140 valence electrons. The van der Waals surface area contributed by atoms with Gasteiger partial charge in [-0.1, -0.05) is 24.3 Å². The summed E-state index contributed by atoms with van der Waals surface area (Å²) in [6.45, 7) is 3.02. The molecule has 0 radical (unpaired) electrons. The van der Waals surface area contributed by atoms with Crippen molar-refractivity contribution in [1.29, 1.82) is 0 Å². The van der Waals surface area contributed by atoms with E-state index in [4.69, 9.17) is 16.2 Å². The number of hydrogen-bond donors (Lipinski definition) is 4. The number of nitrogens with two attached hydrogens (primary N) is 2. The molecule has 0 aliphatic rings. The molecule has 0 unspecified atom stereocenters. The van der Waals surface area contributed by atoms with Crippen LogP contribution in [-0.2, 0) is 22.6 Å². The average molecular weight is 350 g/mol. The molecule has 0 fully saturated rings. The van der Waals surface area contributed by atoms with Crippen LogP contribution in [0.25, 0.3) is 0 Å². The van der Waals surface area contributed by atoms with Gasteiger partial charge in [0.05, 0.1) is 12.7 Å². The van der Waals surface area contributed by atoms with Crippen molar-refractivity contribution in [3.63, 3.8) is 0 Å². The number of primary amides is 1. The normalized spacial score (nSPS) is 13.1. The van der Waals surface area contributed by atoms with Crippen molar-refractivity contribution in [3.8, 4) is 0 Å². The van der Waals surface area contributed by atoms with Crippen molar-refractivity contribution >= 4 is 11.9 Å². The number of urea groups is 1. The Balaban J connectivity index is 2.29. The van der Waals surface area contributed by atoms with Crippen LogP contribution in [0.2, 0.25) is 0 Å². The molecule has 0 saturated heterocycles. The third-order valence-electron chi connectivity index (χ3n) is 4.02. The van der Waals surface area contributed by atoms with E-state index >= 15 is 0 Å². The quantitative estimate of drug-likeness (QED) is 0.446. The maximum absolute atomic E-state index is 11.0. The van der Waals surface area contributed by atoms with Gasteiger partial charge in [0.1, 0.15) is 0 Å². The molecule has 0 aliphatic carbocycles. The third kappa shape index (κ3) is 9.07. The van der Waals surface area contributed by atoms with Crippen molar-refractivity contribution in [3.05, 3.63) is 35.4 Å². The summed E-state index contributed by atoms with van der Waals surface area (Å²) in [6.07, 6.45) is 2.45. The zero-order chi connectivity index (χ0) is 18.7. The maximum atomic E-state index is 11.0. The van der Waals surface area contributed by atoms with Crippen LogP contribution in [0, 0.1) is 0 Å². The van der Waals surface area contributed by atoms with E-state index in [-0.39, 0.29) is 30.5 Å². The number of aryl methyl sites for hydroxylation is 1. The highest BCUT2D eigenvalue weighted by atomic mass is 16.5. The summed E-state index contributed by atoms with van der Waals surface area (Å²) in [7, 11) is 1.60. The minimum absolute atomic E-state index is 0.144. The Bertz CT molecular complexity index is 534. The second-order valence-electron chi connectivity index (χ2n) is 6.11. The van der Waals surface area contributed by atoms with Crippen molar-refractivity contribution in [2.24, 2.45) is 11.5 Å². The summed E-state index contributed by atoms with van der Waals surface area (Å²) < 4.78 is 5.77. The van der Waals surface area contributed by atoms with Crippen LogP contribution in [0.15, 0.2) is 24.3 Å². The summed E-state index contributed by atoms with van der Waals surface area (Å²) in [4.78, 5) is 21.8. The molecule has 2 atom stereocenters. The second kappa shape index (κ2) is 11.4. The topological polar surface area (TPSA) is 119 Å². The minimum atomic E-state index is -0.344. The van der Waals surface area contributed by atoms with Gasteiger partial charge >= 0.3 is 6.03 Å². The summed E-state index contributed by atoms with van der Waals surface area (Å²) in [5.74, 6) is -0.344. The average Bonchev–Trinajstić information content (AvgIpc) is 2.61. The Morgan fingerprint density at radius 1 is 1.20 bits per heavy atom. The number of carbonyl (C=O) groups excluding carboxylic acids is 2. The first-order chi connectivity index (χ1) is 11.9. The third-order valence-corrected chi connectivity index (χ3v) is 4.02. The van der Waals surface area contributed by atoms with E-state index in [1.807, 2.05) is 19.1 Å². The van der Waals surface area contributed by atoms with Crippen LogP contribution in [0.5, 0.6) is 0 Å². The highest BCUT2D eigenvalue weighted by Gasteiger charge is 2.14. The molecule has 0 spiro atoms. The number of carbonyl (C=O) groups is 2. The number of nitrogens with one attached hydrogen (secondary N) is 2. The first-order valence-corrected chi connectivity index (χ1v) is 8.61. The molecule has 7 heteroatoms. The first-order valence-electron chi connectivity index (χ1n) is 8.61. The summed E-state index contributed by atoms with van der Waals surface area (Å²) in [5, 5.41) is 5.28. The summed E-state index contributed by atoms with van der Waals surface area (Å²) >= 11 is 0. The van der Waals surface area contributed by atoms with E-state index in [9.17, 15) is 9.59 Å². The predicted octanol–water partition coefficient (Wildman–Crippen LogP) is 1.05. The highest BCUT2D eigenvalue weighted by Crippen LogP contribution is 2.11. The minimum Gasteiger partial charge on any atom is -0.372 e. The monoisotopic (exact) mass is 350 g/mol. The fraction of sp³-hybridized carbons (Fsp3) is 0.556. The molecule has 7 nitrogen and oxygen atoms in total. The zero-order valence-electron chi connectivity index (χ0n) is 15.1. The smallest absolute Gasteiger partial charge is 0.314 e. The van der Waals surface area contributed by atoms with Gasteiger partial charge in [-0.15, -0.1) is 0 Å². The molecule has 0 aromatic heterocycles. The van der Waals surface area contributed by atoms with Gasteiger partial charge in [0, 0.05) is 26.1 Å². The van der Waals surface area contributed by atoms with Gasteiger partial charge in [0.2, 0.25) is 5.91 Å². The fourth-order valence-electron chi connectivity index (χ4n) is 2.28. The van der Waals surface area contributed by atoms with E-state index in [1.54, 1.807) is 7.05 Å². The second-order valence-corrected chi connectivity index (χ2v) is 6.11. The predicted molar refractivity (Wildman–Crippen MR) is 97.9 cm³/mol. The lowest BCUT2D eigenvalue weighted by Crippen LogP contribution is -2.35. The lowest BCUT2D eigenvalue weighted by atomic mass is 10.1. The molecule has 1 aromatic carbocycles. The van der Waals surface area contributed by atoms with Crippen LogP contribution in [0.1, 0.15) is 37.3 Å². The SMILES string of the molecule is CNC(=O)NCCCc1ccc(CO[C@H](C)[C@@H](N)CCC(N)=O)cc1. The van der Waals surface area contributed by atoms with Gasteiger partial charge in [-0.3, -0.25) is 4.79 Å². The van der Waals surface area contributed by atoms with Crippen LogP contribution in [0.4, 0.5) is 4.79 Å². The van der Waals surface area contributed by atoms with Gasteiger partial charge in [-0.05, 0) is 37.3 Å². The number of rotatable bonds is 11. The van der Waals surface area contributed by atoms with Crippen LogP contribution < -0.4 is 22.1 Å². The molecule has 0 saturated carbocycles. The Labute approximate surface area is 149 Å². The zero-order valence-corrected chi connectivity index (χ0v) is 15.1. The van der Waals surface area contributed by atoms with E-state index in [1.165, 1.54) is 5.56 Å². The molecule has 0 bridgehead atoms. The van der Waals surface area contributed by atoms with Crippen LogP contribution >= 0.6 is 0 Å². The molecule has 0 heterocycles. The Morgan fingerprint density at radius 3 is 2.44 bits per heavy atom. The molecular formula is C18H30N4O3. The molecular weight excluding hydrogens is 320 g/mol. The molecule has 3 amide bonds. The van der Waals surface area contributed by atoms with Gasteiger partial charge in [0.25, 0.3) is 0 Å². The van der Waals surface area contributed by atoms with E-state index in [2.05, 4.69) is 22.8 Å². The maximum Gasteiger partial charge on any atom is 0.314 e. The van der Waals surface area contributed by atoms with Gasteiger partial charge in [-0.25, -0.2) is 4.79 Å². The highest BCUT2D eigenvalue weighted by molar-refractivity contribution is 5.73. The Hall–Kier alpha value is -2.12. The number of benzene rings is 1. The lowest BCUT2D eigenvalue weighted by molar-refractivity contribution is -0.118. The standard InChI is InChI=1S/C18H30N4O3/c1-13(16(19)9-10-17(20)23)25-12-15-7-5-14(6-8-15)4-3-11-22-18(24)21-2/h5-8,13,16H,3-4,9-12,19H2,1-2H3,(H2,20,23)(H2,21,22,24)/t13-,16+/m1/s1. The molecule has 6 N–H and O–H groups in total. The van der Waals surface area contributed by atoms with E-state index in [0.717, 1.165) is 18.4 Å². The van der Waals surface area contributed by atoms with Crippen molar-refractivity contribution in [1.82, 2.24) is 10.6 Å². The molecule has 0 aliphatic heterocycles. The largest absolute Gasteiger partial charge is 0.372 e. The number of hydrogen-bond acceptors (Lipinski definition) is 4. The molecule has 1 aromatic rings. The Morgan fingerprint density at radius 2 is 1.84 bits per heavy atom. The Kier molecular flexibility index (Phi) is 9.57. The number of ether oxygens (including phenoxy) is 1. The molecule has 25 heavy (non-hydrogen) atoms. The van der Waals surface area contributed by atoms with Crippen molar-refractivity contribution in [2.75, 3.05) is 13.6 Å². The van der Waals surface area contributed by atoms with Crippen molar-refractivity contribution in [2.45, 2.75) is 51.4 Å². The van der Waals surface area contributed by atoms with Crippen LogP contribution in [-0.4, -0.2) is 37.7 Å². The fourth-order valence-corrected chi connectivity index (χ4v) is 2.28. The van der Waals surface area contributed by atoms with E-state index < -0.39 is 0 Å². The van der Waals surface area contributed by atoms with Gasteiger partial charge in [-0.2, -0.15) is 0 Å². The summed E-state index contributed by atoms with van der Waals surface area (Å²) in [5.41, 5.74) is 13.4. The van der Waals surface area contributed by atoms with Crippen molar-refractivity contribution < 1.29 is 14.3 Å². The summed E-state index contributed by atoms with van der Waals surface area (Å²) in [6, 6.07) is 7.83. The van der Waals surface area contributed by atoms with Gasteiger partial charge in [0.15, 0.2) is 0 Å². The lowest BCUT2D eigenvalue weighted by Gasteiger charge is -2.20. The van der Waals surface area contributed by atoms with E-state index in [0.29, 0.717) is 19.6 Å². The number of amides is 3. The van der Waals surface area contributed by atoms with Gasteiger partial charge < -0.3 is 26.8 Å². The molecule has 1 rings (SSSR count). The van der Waals surface area contributed by atoms with Crippen LogP contribution in [0.3, 0.4) is 0 Å².